The minimum absolute atomic E-state index is 0.597. The predicted octanol–water partition coefficient (Wildman–Crippen LogP) is 12.4. The topological polar surface area (TPSA) is 62.4 Å². The highest BCUT2D eigenvalue weighted by atomic mass is 15.0. The van der Waals surface area contributed by atoms with Crippen molar-refractivity contribution in [2.45, 2.75) is 0 Å². The van der Waals surface area contributed by atoms with E-state index in [2.05, 4.69) is 177 Å². The molecule has 0 aliphatic heterocycles. The summed E-state index contributed by atoms with van der Waals surface area (Å²) in [6, 6.07) is 66.0. The van der Waals surface area contributed by atoms with Crippen molar-refractivity contribution in [2.24, 2.45) is 0 Å². The lowest BCUT2D eigenvalue weighted by atomic mass is 10.00. The van der Waals surface area contributed by atoms with Crippen LogP contribution in [0.15, 0.2) is 176 Å². The normalized spacial score (nSPS) is 11.6. The van der Waals surface area contributed by atoms with Gasteiger partial charge in [0.2, 0.25) is 0 Å². The van der Waals surface area contributed by atoms with E-state index in [4.69, 9.17) is 0 Å². The molecule has 0 spiro atoms. The third-order valence-corrected chi connectivity index (χ3v) is 11.1. The smallest absolute Gasteiger partial charge is 0.0992 e. The van der Waals surface area contributed by atoms with Crippen molar-refractivity contribution < 1.29 is 0 Å². The van der Waals surface area contributed by atoms with E-state index in [9.17, 15) is 10.5 Å². The van der Waals surface area contributed by atoms with Crippen LogP contribution in [0.4, 0.5) is 0 Å². The second-order valence-electron chi connectivity index (χ2n) is 14.0. The molecule has 3 aromatic heterocycles. The van der Waals surface area contributed by atoms with Crippen LogP contribution >= 0.6 is 0 Å². The number of hydrogen-bond donors (Lipinski definition) is 0. The largest absolute Gasteiger partial charge is 0.309 e. The van der Waals surface area contributed by atoms with Crippen LogP contribution in [0.25, 0.3) is 93.6 Å². The summed E-state index contributed by atoms with van der Waals surface area (Å²) in [7, 11) is 0. The molecule has 8 aromatic carbocycles. The molecule has 5 heteroatoms. The van der Waals surface area contributed by atoms with Crippen molar-refractivity contribution in [1.82, 2.24) is 13.7 Å². The van der Waals surface area contributed by atoms with Crippen molar-refractivity contribution in [1.29, 1.82) is 10.5 Å². The van der Waals surface area contributed by atoms with Gasteiger partial charge in [-0.15, -0.1) is 0 Å². The molecule has 0 amide bonds. The summed E-state index contributed by atoms with van der Waals surface area (Å²) in [6.07, 6.45) is 0. The first-order valence-corrected chi connectivity index (χ1v) is 18.3. The molecule has 55 heavy (non-hydrogen) atoms. The van der Waals surface area contributed by atoms with Crippen LogP contribution in [-0.4, -0.2) is 13.7 Å². The van der Waals surface area contributed by atoms with Crippen LogP contribution in [0.3, 0.4) is 0 Å². The number of benzene rings is 8. The summed E-state index contributed by atoms with van der Waals surface area (Å²) in [6.45, 7) is 0. The Morgan fingerprint density at radius 3 is 1.55 bits per heavy atom. The number of rotatable bonds is 4. The summed E-state index contributed by atoms with van der Waals surface area (Å²) < 4.78 is 6.98. The van der Waals surface area contributed by atoms with Crippen molar-refractivity contribution in [3.05, 3.63) is 187 Å². The molecule has 11 rings (SSSR count). The minimum Gasteiger partial charge on any atom is -0.309 e. The van der Waals surface area contributed by atoms with Gasteiger partial charge in [-0.25, -0.2) is 0 Å². The lowest BCUT2D eigenvalue weighted by Crippen LogP contribution is -2.00. The molecule has 0 saturated carbocycles. The Morgan fingerprint density at radius 1 is 0.345 bits per heavy atom. The van der Waals surface area contributed by atoms with Gasteiger partial charge in [-0.05, 0) is 84.4 Å². The number of hydrogen-bond acceptors (Lipinski definition) is 2. The summed E-state index contributed by atoms with van der Waals surface area (Å²) in [5.74, 6) is 0. The van der Waals surface area contributed by atoms with Crippen molar-refractivity contribution in [3.63, 3.8) is 0 Å². The first-order valence-electron chi connectivity index (χ1n) is 18.3. The number of nitrogens with zero attached hydrogens (tertiary/aromatic N) is 5. The van der Waals surface area contributed by atoms with E-state index in [1.54, 1.807) is 0 Å². The second-order valence-corrected chi connectivity index (χ2v) is 14.0. The molecule has 0 atom stereocenters. The Morgan fingerprint density at radius 2 is 0.855 bits per heavy atom. The molecular weight excluding hydrogens is 671 g/mol. The molecule has 0 N–H and O–H groups in total. The van der Waals surface area contributed by atoms with Crippen molar-refractivity contribution in [3.8, 4) is 40.3 Å². The summed E-state index contributed by atoms with van der Waals surface area (Å²) >= 11 is 0. The maximum atomic E-state index is 10.4. The third-order valence-electron chi connectivity index (χ3n) is 11.1. The molecule has 0 unspecified atom stereocenters. The van der Waals surface area contributed by atoms with Crippen LogP contribution in [0.5, 0.6) is 0 Å². The molecule has 0 fully saturated rings. The molecule has 0 aliphatic carbocycles. The van der Waals surface area contributed by atoms with Gasteiger partial charge in [0.1, 0.15) is 0 Å². The molecule has 254 valence electrons. The first kappa shape index (κ1) is 30.7. The fourth-order valence-corrected chi connectivity index (χ4v) is 8.82. The number of aromatic nitrogens is 3. The van der Waals surface area contributed by atoms with E-state index in [1.165, 1.54) is 10.8 Å². The second kappa shape index (κ2) is 11.8. The van der Waals surface area contributed by atoms with Gasteiger partial charge in [0.25, 0.3) is 0 Å². The van der Waals surface area contributed by atoms with E-state index < -0.39 is 0 Å². The Bertz CT molecular complexity index is 3420. The van der Waals surface area contributed by atoms with Gasteiger partial charge < -0.3 is 13.7 Å². The first-order chi connectivity index (χ1) is 27.2. The maximum Gasteiger partial charge on any atom is 0.0992 e. The predicted molar refractivity (Wildman–Crippen MR) is 224 cm³/mol. The van der Waals surface area contributed by atoms with E-state index >= 15 is 0 Å². The minimum atomic E-state index is 0.597. The summed E-state index contributed by atoms with van der Waals surface area (Å²) in [5.41, 5.74) is 12.8. The molecule has 5 nitrogen and oxygen atoms in total. The number of nitriles is 2. The van der Waals surface area contributed by atoms with Crippen LogP contribution in [0.1, 0.15) is 11.1 Å². The Hall–Kier alpha value is -7.86. The maximum absolute atomic E-state index is 10.4. The van der Waals surface area contributed by atoms with Crippen molar-refractivity contribution in [2.75, 3.05) is 0 Å². The zero-order valence-corrected chi connectivity index (χ0v) is 29.5. The van der Waals surface area contributed by atoms with E-state index in [1.807, 2.05) is 24.3 Å². The Balaban J connectivity index is 1.19. The quantitative estimate of drug-likeness (QED) is 0.184. The van der Waals surface area contributed by atoms with Gasteiger partial charge in [0.15, 0.2) is 0 Å². The fraction of sp³-hybridized carbons (Fsp3) is 0. The van der Waals surface area contributed by atoms with Crippen molar-refractivity contribution >= 4 is 65.4 Å². The lowest BCUT2D eigenvalue weighted by Gasteiger charge is -2.16. The molecular formula is C50H29N5. The summed E-state index contributed by atoms with van der Waals surface area (Å²) in [4.78, 5) is 0. The monoisotopic (exact) mass is 699 g/mol. The average molecular weight is 700 g/mol. The highest BCUT2D eigenvalue weighted by molar-refractivity contribution is 6.17. The number of para-hydroxylation sites is 5. The summed E-state index contributed by atoms with van der Waals surface area (Å²) in [5, 5.41) is 27.0. The highest BCUT2D eigenvalue weighted by Crippen LogP contribution is 2.42. The molecule has 0 bridgehead atoms. The van der Waals surface area contributed by atoms with Gasteiger partial charge in [-0.1, -0.05) is 97.1 Å². The van der Waals surface area contributed by atoms with Gasteiger partial charge in [-0.3, -0.25) is 0 Å². The van der Waals surface area contributed by atoms with Crippen LogP contribution in [-0.2, 0) is 0 Å². The van der Waals surface area contributed by atoms with Gasteiger partial charge >= 0.3 is 0 Å². The third kappa shape index (κ3) is 4.45. The van der Waals surface area contributed by atoms with E-state index in [0.717, 1.165) is 82.8 Å². The molecule has 11 aromatic rings. The zero-order chi connectivity index (χ0) is 36.6. The van der Waals surface area contributed by atoms with Gasteiger partial charge in [-0.2, -0.15) is 10.5 Å². The van der Waals surface area contributed by atoms with Gasteiger partial charge in [0, 0.05) is 43.6 Å². The Labute approximate surface area is 316 Å². The number of fused-ring (bicyclic) bond motifs is 9. The van der Waals surface area contributed by atoms with Crippen LogP contribution < -0.4 is 0 Å². The molecule has 3 heterocycles. The molecule has 0 radical (unpaired) electrons. The highest BCUT2D eigenvalue weighted by Gasteiger charge is 2.22. The SMILES string of the molecule is N#Cc1cc(-c2ccccc2-n2c3ccccc3c3c(-n4c5ccccc5c5cc(C#N)ccc54)cccc32)cc(-n2c3ccccc3c3ccccc32)c1. The fourth-order valence-electron chi connectivity index (χ4n) is 8.82. The van der Waals surface area contributed by atoms with Gasteiger partial charge in [0.05, 0.1) is 67.7 Å². The average Bonchev–Trinajstić information content (AvgIpc) is 3.89. The zero-order valence-electron chi connectivity index (χ0n) is 29.5. The van der Waals surface area contributed by atoms with E-state index in [0.29, 0.717) is 11.1 Å². The standard InChI is InChI=1S/C50H29N5/c51-30-32-24-25-47-41(28-32)39-15-4-9-20-45(39)55(47)49-23-11-22-48-50(49)40-16-5-10-21-46(40)54(48)42-17-6-1-12-36(42)34-26-33(31-52)27-35(29-34)53-43-18-7-2-13-37(43)38-14-3-8-19-44(38)53/h1-29H. The van der Waals surface area contributed by atoms with Crippen LogP contribution in [0.2, 0.25) is 0 Å². The Kier molecular flexibility index (Phi) is 6.61. The van der Waals surface area contributed by atoms with E-state index in [-0.39, 0.29) is 0 Å². The van der Waals surface area contributed by atoms with Crippen LogP contribution in [0, 0.1) is 22.7 Å². The lowest BCUT2D eigenvalue weighted by molar-refractivity contribution is 1.16. The molecule has 0 saturated heterocycles. The molecule has 0 aliphatic rings.